The molecule has 4 rings (SSSR count). The standard InChI is InChI=1S/C26H27FN4O2/c1-15-22(29-16(2)23(15)26(33)28-11-12-31(3)4)14-20-24-19(17-7-5-8-18(27)13-17)9-6-10-21(24)30-25(20)32/h5-10,13-14,29H,11-12H2,1-4H3,(H,28,33)(H,30,32). The zero-order valence-corrected chi connectivity index (χ0v) is 19.2. The Morgan fingerprint density at radius 3 is 2.64 bits per heavy atom. The van der Waals surface area contributed by atoms with E-state index in [0.717, 1.165) is 28.9 Å². The molecule has 1 aliphatic heterocycles. The van der Waals surface area contributed by atoms with Crippen LogP contribution in [0, 0.1) is 19.7 Å². The summed E-state index contributed by atoms with van der Waals surface area (Å²) in [7, 11) is 3.90. The Morgan fingerprint density at radius 1 is 1.15 bits per heavy atom. The molecule has 0 aliphatic carbocycles. The number of benzene rings is 2. The van der Waals surface area contributed by atoms with E-state index in [-0.39, 0.29) is 17.6 Å². The summed E-state index contributed by atoms with van der Waals surface area (Å²) in [5.41, 5.74) is 6.09. The summed E-state index contributed by atoms with van der Waals surface area (Å²) in [6.45, 7) is 4.99. The van der Waals surface area contributed by atoms with Crippen molar-refractivity contribution < 1.29 is 14.0 Å². The first-order valence-electron chi connectivity index (χ1n) is 10.8. The van der Waals surface area contributed by atoms with E-state index in [9.17, 15) is 14.0 Å². The number of rotatable bonds is 6. The summed E-state index contributed by atoms with van der Waals surface area (Å²) in [5, 5.41) is 5.84. The fraction of sp³-hybridized carbons (Fsp3) is 0.231. The van der Waals surface area contributed by atoms with Crippen molar-refractivity contribution in [1.29, 1.82) is 0 Å². The maximum atomic E-state index is 13.9. The predicted molar refractivity (Wildman–Crippen MR) is 129 cm³/mol. The number of carbonyl (C=O) groups is 2. The second-order valence-electron chi connectivity index (χ2n) is 8.47. The molecule has 33 heavy (non-hydrogen) atoms. The van der Waals surface area contributed by atoms with Crippen LogP contribution in [-0.4, -0.2) is 48.9 Å². The minimum Gasteiger partial charge on any atom is -0.358 e. The number of halogens is 1. The first-order chi connectivity index (χ1) is 15.8. The smallest absolute Gasteiger partial charge is 0.256 e. The minimum atomic E-state index is -0.339. The Labute approximate surface area is 192 Å². The minimum absolute atomic E-state index is 0.149. The molecule has 0 bridgehead atoms. The maximum Gasteiger partial charge on any atom is 0.256 e. The number of nitrogens with zero attached hydrogens (tertiary/aromatic N) is 1. The summed E-state index contributed by atoms with van der Waals surface area (Å²) in [5.74, 6) is -0.726. The molecule has 2 aromatic carbocycles. The van der Waals surface area contributed by atoms with Gasteiger partial charge in [-0.2, -0.15) is 0 Å². The molecule has 0 spiro atoms. The Hall–Kier alpha value is -3.71. The van der Waals surface area contributed by atoms with Crippen molar-refractivity contribution in [2.24, 2.45) is 0 Å². The number of nitrogens with one attached hydrogen (secondary N) is 3. The molecule has 6 nitrogen and oxygen atoms in total. The van der Waals surface area contributed by atoms with Crippen LogP contribution in [0.25, 0.3) is 22.8 Å². The van der Waals surface area contributed by atoms with Crippen LogP contribution in [0.4, 0.5) is 10.1 Å². The predicted octanol–water partition coefficient (Wildman–Crippen LogP) is 4.22. The molecule has 3 N–H and O–H groups in total. The van der Waals surface area contributed by atoms with Crippen LogP contribution in [0.1, 0.15) is 32.9 Å². The molecular formula is C26H27FN4O2. The number of carbonyl (C=O) groups excluding carboxylic acids is 2. The summed E-state index contributed by atoms with van der Waals surface area (Å²) in [4.78, 5) is 30.9. The summed E-state index contributed by atoms with van der Waals surface area (Å²) in [6, 6.07) is 11.9. The van der Waals surface area contributed by atoms with E-state index in [4.69, 9.17) is 0 Å². The molecule has 0 saturated carbocycles. The molecule has 2 amide bonds. The second-order valence-corrected chi connectivity index (χ2v) is 8.47. The van der Waals surface area contributed by atoms with E-state index >= 15 is 0 Å². The average molecular weight is 447 g/mol. The number of fused-ring (bicyclic) bond motifs is 1. The van der Waals surface area contributed by atoms with Crippen LogP contribution in [0.3, 0.4) is 0 Å². The molecule has 0 fully saturated rings. The fourth-order valence-corrected chi connectivity index (χ4v) is 4.17. The quantitative estimate of drug-likeness (QED) is 0.496. The lowest BCUT2D eigenvalue weighted by Crippen LogP contribution is -2.31. The number of aromatic amines is 1. The average Bonchev–Trinajstić information content (AvgIpc) is 3.22. The van der Waals surface area contributed by atoms with Gasteiger partial charge in [0, 0.05) is 35.7 Å². The van der Waals surface area contributed by atoms with Crippen molar-refractivity contribution in [2.75, 3.05) is 32.5 Å². The largest absolute Gasteiger partial charge is 0.358 e. The first-order valence-corrected chi connectivity index (χ1v) is 10.8. The normalized spacial score (nSPS) is 14.0. The highest BCUT2D eigenvalue weighted by molar-refractivity contribution is 6.36. The Bertz CT molecular complexity index is 1270. The molecule has 1 aromatic heterocycles. The number of anilines is 1. The summed E-state index contributed by atoms with van der Waals surface area (Å²) in [6.07, 6.45) is 1.77. The lowest BCUT2D eigenvalue weighted by atomic mass is 9.94. The molecule has 0 saturated heterocycles. The van der Waals surface area contributed by atoms with E-state index in [1.54, 1.807) is 12.1 Å². The van der Waals surface area contributed by atoms with Crippen LogP contribution in [0.5, 0.6) is 0 Å². The van der Waals surface area contributed by atoms with Crippen molar-refractivity contribution in [2.45, 2.75) is 13.8 Å². The molecule has 0 atom stereocenters. The van der Waals surface area contributed by atoms with Gasteiger partial charge >= 0.3 is 0 Å². The van der Waals surface area contributed by atoms with Gasteiger partial charge < -0.3 is 20.5 Å². The number of H-pyrrole nitrogens is 1. The molecule has 2 heterocycles. The van der Waals surface area contributed by atoms with Crippen molar-refractivity contribution in [3.05, 3.63) is 76.4 Å². The van der Waals surface area contributed by atoms with E-state index < -0.39 is 0 Å². The van der Waals surface area contributed by atoms with Crippen LogP contribution >= 0.6 is 0 Å². The molecule has 7 heteroatoms. The van der Waals surface area contributed by atoms with Crippen LogP contribution in [0.15, 0.2) is 42.5 Å². The highest BCUT2D eigenvalue weighted by Gasteiger charge is 2.28. The van der Waals surface area contributed by atoms with Gasteiger partial charge in [-0.05, 0) is 68.9 Å². The second kappa shape index (κ2) is 9.03. The van der Waals surface area contributed by atoms with Gasteiger partial charge in [0.2, 0.25) is 0 Å². The molecule has 0 unspecified atom stereocenters. The summed E-state index contributed by atoms with van der Waals surface area (Å²) < 4.78 is 13.9. The fourth-order valence-electron chi connectivity index (χ4n) is 4.17. The molecule has 0 radical (unpaired) electrons. The van der Waals surface area contributed by atoms with Gasteiger partial charge in [-0.1, -0.05) is 24.3 Å². The Kier molecular flexibility index (Phi) is 6.16. The van der Waals surface area contributed by atoms with Gasteiger partial charge in [0.1, 0.15) is 5.82 Å². The number of aromatic nitrogens is 1. The van der Waals surface area contributed by atoms with Crippen molar-refractivity contribution in [3.8, 4) is 11.1 Å². The summed E-state index contributed by atoms with van der Waals surface area (Å²) >= 11 is 0. The lowest BCUT2D eigenvalue weighted by Gasteiger charge is -2.10. The molecular weight excluding hydrogens is 419 g/mol. The van der Waals surface area contributed by atoms with E-state index in [1.165, 1.54) is 12.1 Å². The van der Waals surface area contributed by atoms with Crippen LogP contribution in [-0.2, 0) is 4.79 Å². The van der Waals surface area contributed by atoms with Gasteiger partial charge in [0.05, 0.1) is 11.1 Å². The number of hydrogen-bond donors (Lipinski definition) is 3. The van der Waals surface area contributed by atoms with Gasteiger partial charge in [-0.15, -0.1) is 0 Å². The third kappa shape index (κ3) is 4.45. The van der Waals surface area contributed by atoms with Crippen molar-refractivity contribution >= 4 is 29.2 Å². The van der Waals surface area contributed by atoms with Gasteiger partial charge in [0.15, 0.2) is 0 Å². The van der Waals surface area contributed by atoms with E-state index in [1.807, 2.05) is 57.1 Å². The zero-order valence-electron chi connectivity index (χ0n) is 19.2. The number of amides is 2. The third-order valence-electron chi connectivity index (χ3n) is 5.80. The molecule has 3 aromatic rings. The molecule has 1 aliphatic rings. The number of likely N-dealkylation sites (N-methyl/N-ethyl adjacent to an activating group) is 1. The SMILES string of the molecule is Cc1[nH]c(C=C2C(=O)Nc3cccc(-c4cccc(F)c4)c32)c(C)c1C(=O)NCCN(C)C. The van der Waals surface area contributed by atoms with E-state index in [2.05, 4.69) is 15.6 Å². The van der Waals surface area contributed by atoms with E-state index in [0.29, 0.717) is 34.6 Å². The van der Waals surface area contributed by atoms with Gasteiger partial charge in [-0.3, -0.25) is 9.59 Å². The van der Waals surface area contributed by atoms with Crippen LogP contribution < -0.4 is 10.6 Å². The number of hydrogen-bond acceptors (Lipinski definition) is 3. The molecule has 170 valence electrons. The van der Waals surface area contributed by atoms with Crippen molar-refractivity contribution in [1.82, 2.24) is 15.2 Å². The topological polar surface area (TPSA) is 77.2 Å². The highest BCUT2D eigenvalue weighted by atomic mass is 19.1. The number of aryl methyl sites for hydroxylation is 1. The zero-order chi connectivity index (χ0) is 23.7. The highest BCUT2D eigenvalue weighted by Crippen LogP contribution is 2.40. The third-order valence-corrected chi connectivity index (χ3v) is 5.80. The maximum absolute atomic E-state index is 13.9. The van der Waals surface area contributed by atoms with Gasteiger partial charge in [0.25, 0.3) is 11.8 Å². The van der Waals surface area contributed by atoms with Crippen molar-refractivity contribution in [3.63, 3.8) is 0 Å². The first kappa shape index (κ1) is 22.5. The van der Waals surface area contributed by atoms with Crippen LogP contribution in [0.2, 0.25) is 0 Å². The Balaban J connectivity index is 1.74. The lowest BCUT2D eigenvalue weighted by molar-refractivity contribution is -0.110. The van der Waals surface area contributed by atoms with Gasteiger partial charge in [-0.25, -0.2) is 4.39 Å². The Morgan fingerprint density at radius 2 is 1.91 bits per heavy atom. The monoisotopic (exact) mass is 446 g/mol.